The zero-order chi connectivity index (χ0) is 16.1. The lowest BCUT2D eigenvalue weighted by atomic mass is 10.2. The number of hydrogen-bond acceptors (Lipinski definition) is 3. The molecule has 21 heavy (non-hydrogen) atoms. The Morgan fingerprint density at radius 1 is 1.24 bits per heavy atom. The highest BCUT2D eigenvalue weighted by molar-refractivity contribution is 7.89. The molecule has 0 fully saturated rings. The maximum atomic E-state index is 12.1. The largest absolute Gasteiger partial charge is 0.398 e. The molecular formula is C13H19F3N2O2S. The van der Waals surface area contributed by atoms with Crippen LogP contribution in [0.1, 0.15) is 25.3 Å². The van der Waals surface area contributed by atoms with Crippen molar-refractivity contribution in [3.05, 3.63) is 29.8 Å². The van der Waals surface area contributed by atoms with Crippen LogP contribution in [-0.4, -0.2) is 31.2 Å². The van der Waals surface area contributed by atoms with Crippen molar-refractivity contribution in [1.29, 1.82) is 0 Å². The molecule has 0 aromatic heterocycles. The molecule has 1 aromatic rings. The van der Waals surface area contributed by atoms with Crippen molar-refractivity contribution in [3.8, 4) is 0 Å². The van der Waals surface area contributed by atoms with Crippen LogP contribution in [0.25, 0.3) is 0 Å². The first-order valence-corrected chi connectivity index (χ1v) is 8.14. The summed E-state index contributed by atoms with van der Waals surface area (Å²) in [7, 11) is -3.73. The van der Waals surface area contributed by atoms with Crippen LogP contribution < -0.4 is 5.73 Å². The highest BCUT2D eigenvalue weighted by Crippen LogP contribution is 2.23. The second kappa shape index (κ2) is 7.13. The number of nitrogens with zero attached hydrogens (tertiary/aromatic N) is 1. The standard InChI is InChI=1S/C13H19F3N2O2S/c1-2-18(10-11-6-3-4-7-12(11)17)21(19,20)9-5-8-13(14,15)16/h3-4,6-7H,2,5,8-10,17H2,1H3. The predicted octanol–water partition coefficient (Wildman–Crippen LogP) is 2.76. The van der Waals surface area contributed by atoms with Gasteiger partial charge < -0.3 is 5.73 Å². The minimum atomic E-state index is -4.34. The molecule has 0 aliphatic carbocycles. The van der Waals surface area contributed by atoms with Crippen LogP contribution in [0.5, 0.6) is 0 Å². The molecule has 0 aliphatic rings. The molecule has 0 aliphatic heterocycles. The number of hydrogen-bond donors (Lipinski definition) is 1. The minimum Gasteiger partial charge on any atom is -0.398 e. The molecule has 0 spiro atoms. The molecule has 1 aromatic carbocycles. The van der Waals surface area contributed by atoms with E-state index in [2.05, 4.69) is 0 Å². The van der Waals surface area contributed by atoms with Crippen molar-refractivity contribution in [1.82, 2.24) is 4.31 Å². The lowest BCUT2D eigenvalue weighted by Gasteiger charge is -2.21. The number of sulfonamides is 1. The Labute approximate surface area is 122 Å². The number of nitrogens with two attached hydrogens (primary N) is 1. The zero-order valence-corrected chi connectivity index (χ0v) is 12.5. The zero-order valence-electron chi connectivity index (χ0n) is 11.7. The molecule has 4 nitrogen and oxygen atoms in total. The number of para-hydroxylation sites is 1. The van der Waals surface area contributed by atoms with Gasteiger partial charge in [0, 0.05) is 25.2 Å². The normalized spacial score (nSPS) is 12.8. The van der Waals surface area contributed by atoms with Gasteiger partial charge in [0.15, 0.2) is 0 Å². The summed E-state index contributed by atoms with van der Waals surface area (Å²) in [6.07, 6.45) is -5.87. The average molecular weight is 324 g/mol. The second-order valence-corrected chi connectivity index (χ2v) is 6.75. The predicted molar refractivity (Wildman–Crippen MR) is 76.0 cm³/mol. The molecule has 1 rings (SSSR count). The molecule has 0 radical (unpaired) electrons. The summed E-state index contributed by atoms with van der Waals surface area (Å²) in [5.41, 5.74) is 6.85. The van der Waals surface area contributed by atoms with E-state index in [1.54, 1.807) is 31.2 Å². The topological polar surface area (TPSA) is 63.4 Å². The number of rotatable bonds is 7. The third kappa shape index (κ3) is 5.92. The van der Waals surface area contributed by atoms with Crippen molar-refractivity contribution >= 4 is 15.7 Å². The fourth-order valence-corrected chi connectivity index (χ4v) is 3.36. The van der Waals surface area contributed by atoms with Gasteiger partial charge in [-0.2, -0.15) is 17.5 Å². The third-order valence-electron chi connectivity index (χ3n) is 3.01. The molecular weight excluding hydrogens is 305 g/mol. The summed E-state index contributed by atoms with van der Waals surface area (Å²) in [6.45, 7) is 1.89. The van der Waals surface area contributed by atoms with Gasteiger partial charge in [0.25, 0.3) is 0 Å². The molecule has 8 heteroatoms. The SMILES string of the molecule is CCN(Cc1ccccc1N)S(=O)(=O)CCCC(F)(F)F. The van der Waals surface area contributed by atoms with Crippen molar-refractivity contribution in [2.45, 2.75) is 32.5 Å². The van der Waals surface area contributed by atoms with Gasteiger partial charge >= 0.3 is 6.18 Å². The van der Waals surface area contributed by atoms with Crippen LogP contribution >= 0.6 is 0 Å². The van der Waals surface area contributed by atoms with Gasteiger partial charge in [-0.05, 0) is 18.1 Å². The van der Waals surface area contributed by atoms with Gasteiger partial charge in [0.1, 0.15) is 0 Å². The van der Waals surface area contributed by atoms with Crippen molar-refractivity contribution in [3.63, 3.8) is 0 Å². The van der Waals surface area contributed by atoms with Gasteiger partial charge in [-0.15, -0.1) is 0 Å². The average Bonchev–Trinajstić information content (AvgIpc) is 2.35. The second-order valence-electron chi connectivity index (χ2n) is 4.66. The monoisotopic (exact) mass is 324 g/mol. The minimum absolute atomic E-state index is 0.0670. The summed E-state index contributed by atoms with van der Waals surface area (Å²) in [6, 6.07) is 6.81. The maximum absolute atomic E-state index is 12.1. The molecule has 0 atom stereocenters. The Morgan fingerprint density at radius 2 is 1.86 bits per heavy atom. The first kappa shape index (κ1) is 17.8. The number of anilines is 1. The van der Waals surface area contributed by atoms with E-state index in [1.165, 1.54) is 0 Å². The first-order chi connectivity index (χ1) is 9.65. The summed E-state index contributed by atoms with van der Waals surface area (Å²) in [5.74, 6) is -0.521. The molecule has 0 bridgehead atoms. The van der Waals surface area contributed by atoms with Crippen molar-refractivity contribution in [2.24, 2.45) is 0 Å². The highest BCUT2D eigenvalue weighted by atomic mass is 32.2. The van der Waals surface area contributed by atoms with Crippen molar-refractivity contribution < 1.29 is 21.6 Å². The maximum Gasteiger partial charge on any atom is 0.389 e. The summed E-state index contributed by atoms with van der Waals surface area (Å²) >= 11 is 0. The first-order valence-electron chi connectivity index (χ1n) is 6.53. The van der Waals surface area contributed by atoms with E-state index in [0.29, 0.717) is 11.3 Å². The smallest absolute Gasteiger partial charge is 0.389 e. The Balaban J connectivity index is 2.72. The summed E-state index contributed by atoms with van der Waals surface area (Å²) in [5, 5.41) is 0. The van der Waals surface area contributed by atoms with Crippen molar-refractivity contribution in [2.75, 3.05) is 18.0 Å². The van der Waals surface area contributed by atoms with E-state index in [9.17, 15) is 21.6 Å². The van der Waals surface area contributed by atoms with E-state index in [4.69, 9.17) is 5.73 Å². The highest BCUT2D eigenvalue weighted by Gasteiger charge is 2.29. The summed E-state index contributed by atoms with van der Waals surface area (Å²) in [4.78, 5) is 0. The fraction of sp³-hybridized carbons (Fsp3) is 0.538. The number of nitrogen functional groups attached to an aromatic ring is 1. The molecule has 120 valence electrons. The van der Waals surface area contributed by atoms with Gasteiger partial charge in [-0.3, -0.25) is 0 Å². The quantitative estimate of drug-likeness (QED) is 0.785. The van der Waals surface area contributed by atoms with E-state index < -0.39 is 34.8 Å². The van der Waals surface area contributed by atoms with Gasteiger partial charge in [-0.25, -0.2) is 8.42 Å². The number of alkyl halides is 3. The van der Waals surface area contributed by atoms with E-state index in [0.717, 1.165) is 4.31 Å². The Kier molecular flexibility index (Phi) is 6.03. The number of benzene rings is 1. The molecule has 0 saturated carbocycles. The Morgan fingerprint density at radius 3 is 2.38 bits per heavy atom. The fourth-order valence-electron chi connectivity index (χ4n) is 1.86. The third-order valence-corrected chi connectivity index (χ3v) is 4.99. The van der Waals surface area contributed by atoms with Crippen LogP contribution in [0.2, 0.25) is 0 Å². The Hall–Kier alpha value is -1.28. The van der Waals surface area contributed by atoms with Crippen LogP contribution in [0.4, 0.5) is 18.9 Å². The lowest BCUT2D eigenvalue weighted by molar-refractivity contribution is -0.134. The number of halogens is 3. The van der Waals surface area contributed by atoms with Gasteiger partial charge in [0.2, 0.25) is 10.0 Å². The van der Waals surface area contributed by atoms with Crippen LogP contribution in [0, 0.1) is 0 Å². The van der Waals surface area contributed by atoms with Crippen LogP contribution in [0.3, 0.4) is 0 Å². The lowest BCUT2D eigenvalue weighted by Crippen LogP contribution is -2.33. The molecule has 0 unspecified atom stereocenters. The molecule has 0 saturated heterocycles. The van der Waals surface area contributed by atoms with E-state index in [1.807, 2.05) is 0 Å². The van der Waals surface area contributed by atoms with E-state index >= 15 is 0 Å². The van der Waals surface area contributed by atoms with Crippen LogP contribution in [0.15, 0.2) is 24.3 Å². The van der Waals surface area contributed by atoms with Gasteiger partial charge in [-0.1, -0.05) is 25.1 Å². The van der Waals surface area contributed by atoms with E-state index in [-0.39, 0.29) is 13.1 Å². The molecule has 0 amide bonds. The summed E-state index contributed by atoms with van der Waals surface area (Å²) < 4.78 is 61.6. The van der Waals surface area contributed by atoms with Gasteiger partial charge in [0.05, 0.1) is 5.75 Å². The molecule has 2 N–H and O–H groups in total. The molecule has 0 heterocycles. The van der Waals surface area contributed by atoms with Crippen LogP contribution in [-0.2, 0) is 16.6 Å². The Bertz CT molecular complexity index is 559.